The van der Waals surface area contributed by atoms with Crippen LogP contribution in [0.15, 0.2) is 78.9 Å². The van der Waals surface area contributed by atoms with Gasteiger partial charge < -0.3 is 19.7 Å². The fourth-order valence-corrected chi connectivity index (χ4v) is 5.15. The smallest absolute Gasteiger partial charge is 0.244 e. The van der Waals surface area contributed by atoms with Gasteiger partial charge >= 0.3 is 0 Å². The Morgan fingerprint density at radius 2 is 1.48 bits per heavy atom. The van der Waals surface area contributed by atoms with Gasteiger partial charge in [0, 0.05) is 25.1 Å². The molecule has 0 fully saturated rings. The Morgan fingerprint density at radius 3 is 2.00 bits per heavy atom. The van der Waals surface area contributed by atoms with E-state index in [0.717, 1.165) is 21.7 Å². The molecular formula is C30H37N3O6S. The molecule has 0 spiro atoms. The number of amides is 2. The van der Waals surface area contributed by atoms with Crippen molar-refractivity contribution in [2.75, 3.05) is 31.3 Å². The van der Waals surface area contributed by atoms with Crippen LogP contribution in [0.25, 0.3) is 0 Å². The van der Waals surface area contributed by atoms with Crippen LogP contribution in [0.2, 0.25) is 0 Å². The van der Waals surface area contributed by atoms with Crippen LogP contribution in [0.3, 0.4) is 0 Å². The lowest BCUT2D eigenvalue weighted by Crippen LogP contribution is -2.54. The maximum absolute atomic E-state index is 14.1. The van der Waals surface area contributed by atoms with Crippen LogP contribution in [-0.4, -0.2) is 64.2 Å². The van der Waals surface area contributed by atoms with Crippen LogP contribution in [-0.2, 0) is 32.6 Å². The van der Waals surface area contributed by atoms with Gasteiger partial charge in [0.2, 0.25) is 21.8 Å². The largest absolute Gasteiger partial charge is 0.497 e. The summed E-state index contributed by atoms with van der Waals surface area (Å²) in [5.41, 5.74) is 1.83. The number of nitrogens with zero attached hydrogens (tertiary/aromatic N) is 2. The van der Waals surface area contributed by atoms with Crippen molar-refractivity contribution in [1.82, 2.24) is 10.2 Å². The van der Waals surface area contributed by atoms with Gasteiger partial charge in [0.25, 0.3) is 0 Å². The highest BCUT2D eigenvalue weighted by molar-refractivity contribution is 7.92. The summed E-state index contributed by atoms with van der Waals surface area (Å²) in [6.07, 6.45) is 1.27. The first-order valence-corrected chi connectivity index (χ1v) is 14.8. The van der Waals surface area contributed by atoms with Gasteiger partial charge in [-0.2, -0.15) is 0 Å². The minimum atomic E-state index is -3.95. The first-order chi connectivity index (χ1) is 19.0. The van der Waals surface area contributed by atoms with Crippen LogP contribution in [0, 0.1) is 0 Å². The lowest BCUT2D eigenvalue weighted by atomic mass is 10.0. The summed E-state index contributed by atoms with van der Waals surface area (Å²) in [7, 11) is -1.07. The fraction of sp³-hybridized carbons (Fsp3) is 0.333. The van der Waals surface area contributed by atoms with Gasteiger partial charge in [0.1, 0.15) is 24.1 Å². The SMILES string of the molecule is COc1ccc(OC)c(N(CC(=O)N(Cc2ccccc2)[C@@H](Cc2ccccc2)C(=O)NC(C)C)S(C)(=O)=O)c1. The van der Waals surface area contributed by atoms with Gasteiger partial charge in [0.15, 0.2) is 0 Å². The second kappa shape index (κ2) is 13.8. The molecule has 0 heterocycles. The first kappa shape index (κ1) is 30.5. The van der Waals surface area contributed by atoms with Crippen LogP contribution < -0.4 is 19.1 Å². The second-order valence-corrected chi connectivity index (χ2v) is 11.6. The second-order valence-electron chi connectivity index (χ2n) is 9.68. The molecule has 10 heteroatoms. The van der Waals surface area contributed by atoms with E-state index >= 15 is 0 Å². The van der Waals surface area contributed by atoms with Gasteiger partial charge in [-0.05, 0) is 37.1 Å². The number of methoxy groups -OCH3 is 2. The van der Waals surface area contributed by atoms with E-state index < -0.39 is 28.5 Å². The third-order valence-electron chi connectivity index (χ3n) is 6.23. The molecule has 1 atom stereocenters. The van der Waals surface area contributed by atoms with E-state index in [9.17, 15) is 18.0 Å². The Hall–Kier alpha value is -4.05. The minimum Gasteiger partial charge on any atom is -0.497 e. The number of hydrogen-bond donors (Lipinski definition) is 1. The summed E-state index contributed by atoms with van der Waals surface area (Å²) in [5, 5.41) is 2.93. The molecule has 9 nitrogen and oxygen atoms in total. The number of carbonyl (C=O) groups excluding carboxylic acids is 2. The van der Waals surface area contributed by atoms with Gasteiger partial charge in [-0.15, -0.1) is 0 Å². The summed E-state index contributed by atoms with van der Waals surface area (Å²) >= 11 is 0. The molecule has 2 amide bonds. The molecule has 0 saturated carbocycles. The number of rotatable bonds is 13. The Labute approximate surface area is 236 Å². The van der Waals surface area contributed by atoms with Gasteiger partial charge in [-0.25, -0.2) is 8.42 Å². The van der Waals surface area contributed by atoms with E-state index in [2.05, 4.69) is 5.32 Å². The molecule has 0 unspecified atom stereocenters. The van der Waals surface area contributed by atoms with Crippen molar-refractivity contribution in [3.8, 4) is 11.5 Å². The van der Waals surface area contributed by atoms with Crippen molar-refractivity contribution in [3.63, 3.8) is 0 Å². The molecule has 0 aromatic heterocycles. The van der Waals surface area contributed by atoms with Crippen molar-refractivity contribution < 1.29 is 27.5 Å². The van der Waals surface area contributed by atoms with Crippen molar-refractivity contribution in [2.45, 2.75) is 38.9 Å². The summed E-state index contributed by atoms with van der Waals surface area (Å²) < 4.78 is 37.8. The topological polar surface area (TPSA) is 105 Å². The zero-order valence-electron chi connectivity index (χ0n) is 23.5. The van der Waals surface area contributed by atoms with E-state index in [1.165, 1.54) is 25.2 Å². The zero-order chi connectivity index (χ0) is 29.3. The van der Waals surface area contributed by atoms with Crippen molar-refractivity contribution in [3.05, 3.63) is 90.0 Å². The molecule has 40 heavy (non-hydrogen) atoms. The van der Waals surface area contributed by atoms with E-state index in [1.54, 1.807) is 12.1 Å². The van der Waals surface area contributed by atoms with Crippen LogP contribution >= 0.6 is 0 Å². The highest BCUT2D eigenvalue weighted by atomic mass is 32.2. The maximum atomic E-state index is 14.1. The predicted octanol–water partition coefficient (Wildman–Crippen LogP) is 3.63. The molecule has 1 N–H and O–H groups in total. The molecule has 0 aliphatic carbocycles. The molecule has 0 radical (unpaired) electrons. The lowest BCUT2D eigenvalue weighted by molar-refractivity contribution is -0.140. The molecule has 214 valence electrons. The average Bonchev–Trinajstić information content (AvgIpc) is 2.93. The van der Waals surface area contributed by atoms with Crippen LogP contribution in [0.4, 0.5) is 5.69 Å². The molecule has 3 aromatic carbocycles. The van der Waals surface area contributed by atoms with Gasteiger partial charge in [-0.3, -0.25) is 13.9 Å². The number of anilines is 1. The first-order valence-electron chi connectivity index (χ1n) is 12.9. The van der Waals surface area contributed by atoms with Gasteiger partial charge in [0.05, 0.1) is 26.2 Å². The van der Waals surface area contributed by atoms with Gasteiger partial charge in [-0.1, -0.05) is 60.7 Å². The number of sulfonamides is 1. The van der Waals surface area contributed by atoms with Crippen molar-refractivity contribution >= 4 is 27.5 Å². The number of carbonyl (C=O) groups is 2. The fourth-order valence-electron chi connectivity index (χ4n) is 4.30. The monoisotopic (exact) mass is 567 g/mol. The molecule has 0 aliphatic heterocycles. The van der Waals surface area contributed by atoms with Crippen LogP contribution in [0.1, 0.15) is 25.0 Å². The summed E-state index contributed by atoms with van der Waals surface area (Å²) in [5.74, 6) is -0.213. The molecule has 3 aromatic rings. The lowest BCUT2D eigenvalue weighted by Gasteiger charge is -2.34. The van der Waals surface area contributed by atoms with E-state index in [1.807, 2.05) is 74.5 Å². The van der Waals surface area contributed by atoms with Crippen molar-refractivity contribution in [2.24, 2.45) is 0 Å². The summed E-state index contributed by atoms with van der Waals surface area (Å²) in [6.45, 7) is 3.26. The quantitative estimate of drug-likeness (QED) is 0.338. The van der Waals surface area contributed by atoms with E-state index in [4.69, 9.17) is 9.47 Å². The number of nitrogens with one attached hydrogen (secondary N) is 1. The third kappa shape index (κ3) is 8.22. The normalized spacial score (nSPS) is 11.9. The number of ether oxygens (including phenoxy) is 2. The highest BCUT2D eigenvalue weighted by Gasteiger charge is 2.34. The molecule has 0 bridgehead atoms. The minimum absolute atomic E-state index is 0.107. The number of hydrogen-bond acceptors (Lipinski definition) is 6. The number of benzene rings is 3. The summed E-state index contributed by atoms with van der Waals surface area (Å²) in [6, 6.07) is 22.4. The third-order valence-corrected chi connectivity index (χ3v) is 7.36. The van der Waals surface area contributed by atoms with E-state index in [0.29, 0.717) is 5.75 Å². The standard InChI is InChI=1S/C30H37N3O6S/c1-22(2)31-30(35)27(18-23-12-8-6-9-13-23)32(20-24-14-10-7-11-15-24)29(34)21-33(40(5,36)37)26-19-25(38-3)16-17-28(26)39-4/h6-17,19,22,27H,18,20-21H2,1-5H3,(H,31,35)/t27-/m0/s1. The molecule has 0 saturated heterocycles. The average molecular weight is 568 g/mol. The van der Waals surface area contributed by atoms with Crippen molar-refractivity contribution in [1.29, 1.82) is 0 Å². The molecular weight excluding hydrogens is 530 g/mol. The Kier molecular flexibility index (Phi) is 10.6. The Balaban J connectivity index is 2.09. The Bertz CT molecular complexity index is 1380. The van der Waals surface area contributed by atoms with E-state index in [-0.39, 0.29) is 36.4 Å². The predicted molar refractivity (Wildman–Crippen MR) is 156 cm³/mol. The Morgan fingerprint density at radius 1 is 0.875 bits per heavy atom. The van der Waals surface area contributed by atoms with Crippen LogP contribution in [0.5, 0.6) is 11.5 Å². The molecule has 3 rings (SSSR count). The highest BCUT2D eigenvalue weighted by Crippen LogP contribution is 2.34. The summed E-state index contributed by atoms with van der Waals surface area (Å²) in [4.78, 5) is 29.1. The molecule has 0 aliphatic rings. The zero-order valence-corrected chi connectivity index (χ0v) is 24.4. The maximum Gasteiger partial charge on any atom is 0.244 e.